The van der Waals surface area contributed by atoms with Gasteiger partial charge in [-0.15, -0.1) is 0 Å². The van der Waals surface area contributed by atoms with Gasteiger partial charge in [0.25, 0.3) is 0 Å². The van der Waals surface area contributed by atoms with E-state index in [9.17, 15) is 0 Å². The number of hydrogen-bond acceptors (Lipinski definition) is 4. The minimum Gasteiger partial charge on any atom is -0.339 e. The van der Waals surface area contributed by atoms with Crippen LogP contribution in [0.25, 0.3) is 0 Å². The first-order valence-electron chi connectivity index (χ1n) is 8.68. The van der Waals surface area contributed by atoms with Gasteiger partial charge in [0.15, 0.2) is 5.82 Å². The molecule has 1 saturated carbocycles. The molecule has 0 radical (unpaired) electrons. The zero-order valence-electron chi connectivity index (χ0n) is 14.1. The summed E-state index contributed by atoms with van der Waals surface area (Å²) in [6, 6.07) is 0.440. The van der Waals surface area contributed by atoms with E-state index in [0.717, 1.165) is 37.0 Å². The minimum atomic E-state index is 0.440. The highest BCUT2D eigenvalue weighted by atomic mass is 16.5. The summed E-state index contributed by atoms with van der Waals surface area (Å²) in [6.45, 7) is 9.93. The second-order valence-corrected chi connectivity index (χ2v) is 6.92. The van der Waals surface area contributed by atoms with Crippen molar-refractivity contribution in [3.05, 3.63) is 11.7 Å². The second kappa shape index (κ2) is 7.92. The molecule has 3 atom stereocenters. The van der Waals surface area contributed by atoms with Crippen LogP contribution >= 0.6 is 0 Å². The third-order valence-corrected chi connectivity index (χ3v) is 4.64. The molecule has 21 heavy (non-hydrogen) atoms. The Hall–Kier alpha value is -0.900. The van der Waals surface area contributed by atoms with E-state index in [0.29, 0.717) is 17.9 Å². The Labute approximate surface area is 129 Å². The summed E-state index contributed by atoms with van der Waals surface area (Å²) in [6.07, 6.45) is 7.05. The number of likely N-dealkylation sites (N-methyl/N-ethyl adjacent to an activating group) is 1. The summed E-state index contributed by atoms with van der Waals surface area (Å²) < 4.78 is 5.50. The highest BCUT2D eigenvalue weighted by molar-refractivity contribution is 5.00. The standard InChI is InChI=1S/C17H31N3O/c1-5-13-7-8-14(10-13)17-19-16(21-20-17)11-15(18-6-2)9-12(3)4/h12-15,18H,5-11H2,1-4H3. The summed E-state index contributed by atoms with van der Waals surface area (Å²) >= 11 is 0. The molecule has 1 fully saturated rings. The number of nitrogens with one attached hydrogen (secondary N) is 1. The van der Waals surface area contributed by atoms with E-state index in [-0.39, 0.29) is 0 Å². The number of nitrogens with zero attached hydrogens (tertiary/aromatic N) is 2. The van der Waals surface area contributed by atoms with Crippen LogP contribution < -0.4 is 5.32 Å². The van der Waals surface area contributed by atoms with Crippen LogP contribution in [0, 0.1) is 11.8 Å². The maximum Gasteiger partial charge on any atom is 0.228 e. The molecule has 2 rings (SSSR count). The van der Waals surface area contributed by atoms with E-state index in [1.807, 2.05) is 0 Å². The van der Waals surface area contributed by atoms with Crippen molar-refractivity contribution < 1.29 is 4.52 Å². The zero-order chi connectivity index (χ0) is 15.2. The fourth-order valence-corrected chi connectivity index (χ4v) is 3.50. The van der Waals surface area contributed by atoms with Gasteiger partial charge in [-0.2, -0.15) is 4.98 Å². The monoisotopic (exact) mass is 293 g/mol. The van der Waals surface area contributed by atoms with Gasteiger partial charge in [-0.3, -0.25) is 0 Å². The fourth-order valence-electron chi connectivity index (χ4n) is 3.50. The molecule has 1 heterocycles. The van der Waals surface area contributed by atoms with Crippen LogP contribution in [0.1, 0.15) is 77.4 Å². The molecule has 0 aromatic carbocycles. The SMILES string of the molecule is CCNC(Cc1nc(C2CCC(CC)C2)no1)CC(C)C. The zero-order valence-corrected chi connectivity index (χ0v) is 14.1. The van der Waals surface area contributed by atoms with Gasteiger partial charge in [-0.1, -0.05) is 39.3 Å². The van der Waals surface area contributed by atoms with Gasteiger partial charge >= 0.3 is 0 Å². The molecular formula is C17H31N3O. The van der Waals surface area contributed by atoms with Gasteiger partial charge in [0, 0.05) is 18.4 Å². The Morgan fingerprint density at radius 1 is 1.29 bits per heavy atom. The Kier molecular flexibility index (Phi) is 6.22. The third kappa shape index (κ3) is 4.80. The Balaban J connectivity index is 1.92. The van der Waals surface area contributed by atoms with E-state index < -0.39 is 0 Å². The second-order valence-electron chi connectivity index (χ2n) is 6.92. The summed E-state index contributed by atoms with van der Waals surface area (Å²) in [5, 5.41) is 7.78. The number of rotatable bonds is 8. The average Bonchev–Trinajstić information content (AvgIpc) is 3.06. The average molecular weight is 293 g/mol. The lowest BCUT2D eigenvalue weighted by atomic mass is 10.0. The number of aromatic nitrogens is 2. The normalized spacial score (nSPS) is 23.9. The first kappa shape index (κ1) is 16.5. The van der Waals surface area contributed by atoms with Gasteiger partial charge in [-0.05, 0) is 44.1 Å². The molecule has 4 nitrogen and oxygen atoms in total. The van der Waals surface area contributed by atoms with Gasteiger partial charge in [0.05, 0.1) is 0 Å². The van der Waals surface area contributed by atoms with Gasteiger partial charge < -0.3 is 9.84 Å². The van der Waals surface area contributed by atoms with Crippen molar-refractivity contribution in [1.82, 2.24) is 15.5 Å². The molecule has 1 aromatic rings. The van der Waals surface area contributed by atoms with Crippen LogP contribution in [0.2, 0.25) is 0 Å². The third-order valence-electron chi connectivity index (χ3n) is 4.64. The first-order chi connectivity index (χ1) is 10.1. The Bertz CT molecular complexity index is 416. The lowest BCUT2D eigenvalue weighted by Gasteiger charge is -2.17. The molecule has 1 aromatic heterocycles. The smallest absolute Gasteiger partial charge is 0.228 e. The van der Waals surface area contributed by atoms with Crippen LogP contribution in [-0.2, 0) is 6.42 Å². The van der Waals surface area contributed by atoms with E-state index in [4.69, 9.17) is 4.52 Å². The maximum atomic E-state index is 5.50. The van der Waals surface area contributed by atoms with E-state index >= 15 is 0 Å². The van der Waals surface area contributed by atoms with Crippen molar-refractivity contribution in [2.24, 2.45) is 11.8 Å². The molecule has 120 valence electrons. The Morgan fingerprint density at radius 2 is 2.10 bits per heavy atom. The summed E-state index contributed by atoms with van der Waals surface area (Å²) in [5.74, 6) is 3.80. The predicted molar refractivity (Wildman–Crippen MR) is 85.3 cm³/mol. The van der Waals surface area contributed by atoms with Crippen LogP contribution in [0.3, 0.4) is 0 Å². The van der Waals surface area contributed by atoms with Crippen LogP contribution in [0.4, 0.5) is 0 Å². The fraction of sp³-hybridized carbons (Fsp3) is 0.882. The van der Waals surface area contributed by atoms with Crippen LogP contribution in [0.15, 0.2) is 4.52 Å². The molecule has 0 amide bonds. The molecule has 0 aliphatic heterocycles. The first-order valence-corrected chi connectivity index (χ1v) is 8.68. The Morgan fingerprint density at radius 3 is 2.71 bits per heavy atom. The molecule has 4 heteroatoms. The predicted octanol–water partition coefficient (Wildman–Crippen LogP) is 3.93. The number of hydrogen-bond donors (Lipinski definition) is 1. The lowest BCUT2D eigenvalue weighted by Crippen LogP contribution is -2.32. The molecular weight excluding hydrogens is 262 g/mol. The van der Waals surface area contributed by atoms with E-state index in [2.05, 4.69) is 43.2 Å². The maximum absolute atomic E-state index is 5.50. The van der Waals surface area contributed by atoms with Crippen LogP contribution in [-0.4, -0.2) is 22.7 Å². The van der Waals surface area contributed by atoms with Crippen LogP contribution in [0.5, 0.6) is 0 Å². The molecule has 1 aliphatic rings. The van der Waals surface area contributed by atoms with Crippen molar-refractivity contribution in [3.63, 3.8) is 0 Å². The molecule has 0 spiro atoms. The summed E-state index contributed by atoms with van der Waals surface area (Å²) in [5.41, 5.74) is 0. The van der Waals surface area contributed by atoms with Gasteiger partial charge in [0.2, 0.25) is 5.89 Å². The topological polar surface area (TPSA) is 51.0 Å². The minimum absolute atomic E-state index is 0.440. The van der Waals surface area contributed by atoms with Crippen molar-refractivity contribution >= 4 is 0 Å². The van der Waals surface area contributed by atoms with Gasteiger partial charge in [-0.25, -0.2) is 0 Å². The molecule has 1 N–H and O–H groups in total. The van der Waals surface area contributed by atoms with Gasteiger partial charge in [0.1, 0.15) is 0 Å². The molecule has 0 saturated heterocycles. The van der Waals surface area contributed by atoms with Crippen molar-refractivity contribution in [3.8, 4) is 0 Å². The van der Waals surface area contributed by atoms with E-state index in [1.165, 1.54) is 25.7 Å². The van der Waals surface area contributed by atoms with Crippen molar-refractivity contribution in [2.45, 2.75) is 78.2 Å². The van der Waals surface area contributed by atoms with Crippen molar-refractivity contribution in [1.29, 1.82) is 0 Å². The summed E-state index contributed by atoms with van der Waals surface area (Å²) in [7, 11) is 0. The molecule has 1 aliphatic carbocycles. The summed E-state index contributed by atoms with van der Waals surface area (Å²) in [4.78, 5) is 4.67. The highest BCUT2D eigenvalue weighted by Crippen LogP contribution is 2.38. The lowest BCUT2D eigenvalue weighted by molar-refractivity contribution is 0.336. The molecule has 0 bridgehead atoms. The highest BCUT2D eigenvalue weighted by Gasteiger charge is 2.28. The van der Waals surface area contributed by atoms with Crippen molar-refractivity contribution in [2.75, 3.05) is 6.54 Å². The largest absolute Gasteiger partial charge is 0.339 e. The van der Waals surface area contributed by atoms with E-state index in [1.54, 1.807) is 0 Å². The quantitative estimate of drug-likeness (QED) is 0.789. The molecule has 3 unspecified atom stereocenters.